The Morgan fingerprint density at radius 2 is 1.67 bits per heavy atom. The highest BCUT2D eigenvalue weighted by molar-refractivity contribution is 5.76. The normalized spacial score (nSPS) is 17.2. The predicted molar refractivity (Wildman–Crippen MR) is 159 cm³/mol. The van der Waals surface area contributed by atoms with Crippen LogP contribution in [0.3, 0.4) is 0 Å². The highest BCUT2D eigenvalue weighted by Gasteiger charge is 2.27. The van der Waals surface area contributed by atoms with Crippen molar-refractivity contribution in [2.45, 2.75) is 71.1 Å². The van der Waals surface area contributed by atoms with Crippen LogP contribution in [0, 0.1) is 19.7 Å². The Hall–Kier alpha value is -4.24. The maximum atomic E-state index is 14.0. The van der Waals surface area contributed by atoms with Crippen LogP contribution >= 0.6 is 0 Å². The summed E-state index contributed by atoms with van der Waals surface area (Å²) in [6.45, 7) is 6.97. The van der Waals surface area contributed by atoms with Crippen LogP contribution in [0.15, 0.2) is 70.6 Å². The van der Waals surface area contributed by atoms with Gasteiger partial charge < -0.3 is 19.1 Å². The number of halogens is 1. The van der Waals surface area contributed by atoms with Crippen LogP contribution < -0.4 is 20.7 Å². The molecule has 1 fully saturated rings. The first-order valence-corrected chi connectivity index (χ1v) is 14.1. The van der Waals surface area contributed by atoms with Crippen molar-refractivity contribution in [1.82, 2.24) is 14.1 Å². The summed E-state index contributed by atoms with van der Waals surface area (Å²) in [7, 11) is 1.67. The molecule has 1 N–H and O–H groups in total. The lowest BCUT2D eigenvalue weighted by molar-refractivity contribution is 0.0786. The third kappa shape index (κ3) is 6.16. The molecule has 0 radical (unpaired) electrons. The van der Waals surface area contributed by atoms with Gasteiger partial charge in [-0.3, -0.25) is 9.36 Å². The van der Waals surface area contributed by atoms with E-state index >= 15 is 0 Å². The summed E-state index contributed by atoms with van der Waals surface area (Å²) >= 11 is 0. The molecule has 2 aromatic heterocycles. The minimum absolute atomic E-state index is 0.0415. The molecule has 1 aliphatic carbocycles. The SMILES string of the molecule is Cc1cc(F)cc(C)c1Oc1ccc(C(C)(C)O)cc1-c1cn(C)c(=O)cc1OC1CCC(n2cccnc2=O)CC1. The number of ether oxygens (including phenoxy) is 2. The topological polar surface area (TPSA) is 95.6 Å². The Balaban J connectivity index is 1.52. The molecule has 9 heteroatoms. The van der Waals surface area contributed by atoms with Gasteiger partial charge in [0.05, 0.1) is 11.7 Å². The highest BCUT2D eigenvalue weighted by atomic mass is 19.1. The van der Waals surface area contributed by atoms with E-state index in [9.17, 15) is 19.1 Å². The minimum Gasteiger partial charge on any atom is -0.490 e. The van der Waals surface area contributed by atoms with E-state index in [0.29, 0.717) is 57.9 Å². The van der Waals surface area contributed by atoms with Gasteiger partial charge in [-0.15, -0.1) is 0 Å². The molecule has 2 heterocycles. The fourth-order valence-electron chi connectivity index (χ4n) is 5.56. The van der Waals surface area contributed by atoms with Crippen LogP contribution in [0.2, 0.25) is 0 Å². The van der Waals surface area contributed by atoms with Gasteiger partial charge in [-0.05, 0) is 100 Å². The molecule has 8 nitrogen and oxygen atoms in total. The van der Waals surface area contributed by atoms with Gasteiger partial charge in [-0.25, -0.2) is 14.2 Å². The number of hydrogen-bond donors (Lipinski definition) is 1. The van der Waals surface area contributed by atoms with Crippen LogP contribution in [-0.4, -0.2) is 25.3 Å². The fourth-order valence-corrected chi connectivity index (χ4v) is 5.56. The summed E-state index contributed by atoms with van der Waals surface area (Å²) < 4.78 is 30.1. The van der Waals surface area contributed by atoms with Gasteiger partial charge >= 0.3 is 5.69 Å². The Labute approximate surface area is 244 Å². The first-order valence-electron chi connectivity index (χ1n) is 14.1. The van der Waals surface area contributed by atoms with Gasteiger partial charge in [0.2, 0.25) is 0 Å². The molecule has 0 unspecified atom stereocenters. The summed E-state index contributed by atoms with van der Waals surface area (Å²) in [6.07, 6.45) is 7.67. The summed E-state index contributed by atoms with van der Waals surface area (Å²) in [6, 6.07) is 11.5. The molecule has 0 aliphatic heterocycles. The van der Waals surface area contributed by atoms with E-state index in [1.54, 1.807) is 69.9 Å². The predicted octanol–water partition coefficient (Wildman–Crippen LogP) is 5.95. The monoisotopic (exact) mass is 573 g/mol. The van der Waals surface area contributed by atoms with E-state index < -0.39 is 5.60 Å². The average molecular weight is 574 g/mol. The van der Waals surface area contributed by atoms with Gasteiger partial charge in [-0.2, -0.15) is 0 Å². The van der Waals surface area contributed by atoms with Crippen LogP contribution in [0.1, 0.15) is 62.3 Å². The van der Waals surface area contributed by atoms with Gasteiger partial charge in [-0.1, -0.05) is 6.07 Å². The second-order valence-corrected chi connectivity index (χ2v) is 11.6. The van der Waals surface area contributed by atoms with E-state index in [2.05, 4.69) is 4.98 Å². The lowest BCUT2D eigenvalue weighted by atomic mass is 9.92. The van der Waals surface area contributed by atoms with E-state index in [-0.39, 0.29) is 29.2 Å². The van der Waals surface area contributed by atoms with Crippen LogP contribution in [0.5, 0.6) is 17.2 Å². The maximum absolute atomic E-state index is 14.0. The quantitative estimate of drug-likeness (QED) is 0.294. The zero-order valence-corrected chi connectivity index (χ0v) is 24.6. The second kappa shape index (κ2) is 11.6. The molecule has 42 heavy (non-hydrogen) atoms. The smallest absolute Gasteiger partial charge is 0.347 e. The van der Waals surface area contributed by atoms with Crippen LogP contribution in [0.4, 0.5) is 4.39 Å². The molecular formula is C33H36FN3O5. The number of hydrogen-bond acceptors (Lipinski definition) is 6. The van der Waals surface area contributed by atoms with Crippen molar-refractivity contribution < 1.29 is 19.0 Å². The Bertz CT molecular complexity index is 1710. The van der Waals surface area contributed by atoms with E-state index in [4.69, 9.17) is 9.47 Å². The number of benzene rings is 2. The second-order valence-electron chi connectivity index (χ2n) is 11.6. The lowest BCUT2D eigenvalue weighted by Crippen LogP contribution is -2.32. The number of aromatic nitrogens is 3. The van der Waals surface area contributed by atoms with Gasteiger partial charge in [0.1, 0.15) is 23.1 Å². The average Bonchev–Trinajstić information content (AvgIpc) is 2.93. The number of aryl methyl sites for hydroxylation is 3. The largest absolute Gasteiger partial charge is 0.490 e. The Kier molecular flexibility index (Phi) is 8.06. The van der Waals surface area contributed by atoms with Crippen molar-refractivity contribution in [3.63, 3.8) is 0 Å². The van der Waals surface area contributed by atoms with Crippen molar-refractivity contribution in [3.05, 3.63) is 104 Å². The van der Waals surface area contributed by atoms with E-state index in [1.807, 2.05) is 6.07 Å². The molecule has 0 amide bonds. The van der Waals surface area contributed by atoms with Gasteiger partial charge in [0.25, 0.3) is 5.56 Å². The number of nitrogens with zero attached hydrogens (tertiary/aromatic N) is 3. The zero-order chi connectivity index (χ0) is 30.2. The number of pyridine rings is 1. The standard InChI is InChI=1S/C33H36FN3O5/c1-20-15-23(34)16-21(2)31(20)42-28-12-7-22(33(3,4)40)17-26(28)27-19-36(5)30(38)18-29(27)41-25-10-8-24(9-11-25)37-14-6-13-35-32(37)39/h6-7,12-19,24-25,40H,8-11H2,1-5H3. The summed E-state index contributed by atoms with van der Waals surface area (Å²) in [5.41, 5.74) is 1.56. The molecule has 0 bridgehead atoms. The van der Waals surface area contributed by atoms with Crippen molar-refractivity contribution >= 4 is 0 Å². The van der Waals surface area contributed by atoms with Crippen molar-refractivity contribution in [2.75, 3.05) is 0 Å². The third-order valence-electron chi connectivity index (χ3n) is 7.87. The summed E-state index contributed by atoms with van der Waals surface area (Å²) in [4.78, 5) is 28.9. The number of rotatable bonds is 7. The summed E-state index contributed by atoms with van der Waals surface area (Å²) in [5.74, 6) is 1.08. The van der Waals surface area contributed by atoms with E-state index in [1.165, 1.54) is 29.0 Å². The maximum Gasteiger partial charge on any atom is 0.347 e. The Morgan fingerprint density at radius 3 is 2.31 bits per heavy atom. The molecule has 5 rings (SSSR count). The molecule has 1 aliphatic rings. The third-order valence-corrected chi connectivity index (χ3v) is 7.87. The minimum atomic E-state index is -1.14. The van der Waals surface area contributed by atoms with Crippen molar-refractivity contribution in [1.29, 1.82) is 0 Å². The molecule has 2 aromatic carbocycles. The molecule has 4 aromatic rings. The molecule has 0 atom stereocenters. The lowest BCUT2D eigenvalue weighted by Gasteiger charge is -2.30. The summed E-state index contributed by atoms with van der Waals surface area (Å²) in [5, 5.41) is 10.8. The fraction of sp³-hybridized carbons (Fsp3) is 0.364. The molecule has 0 saturated heterocycles. The molecule has 220 valence electrons. The first-order chi connectivity index (χ1) is 19.9. The zero-order valence-electron chi connectivity index (χ0n) is 24.6. The molecule has 0 spiro atoms. The van der Waals surface area contributed by atoms with Crippen molar-refractivity contribution in [2.24, 2.45) is 7.05 Å². The van der Waals surface area contributed by atoms with Crippen molar-refractivity contribution in [3.8, 4) is 28.4 Å². The first kappa shape index (κ1) is 29.3. The van der Waals surface area contributed by atoms with Gasteiger partial charge in [0, 0.05) is 48.9 Å². The molecular weight excluding hydrogens is 537 g/mol. The van der Waals surface area contributed by atoms with Crippen LogP contribution in [0.25, 0.3) is 11.1 Å². The number of aliphatic hydroxyl groups is 1. The van der Waals surface area contributed by atoms with E-state index in [0.717, 1.165) is 12.8 Å². The van der Waals surface area contributed by atoms with Gasteiger partial charge in [0.15, 0.2) is 0 Å². The highest BCUT2D eigenvalue weighted by Crippen LogP contribution is 2.42. The van der Waals surface area contributed by atoms with Crippen LogP contribution in [-0.2, 0) is 12.6 Å². The Morgan fingerprint density at radius 1 is 0.976 bits per heavy atom. The molecule has 1 saturated carbocycles.